The number of imidazole rings is 1. The molecule has 2 rings (SSSR count). The molecule has 0 unspecified atom stereocenters. The predicted molar refractivity (Wildman–Crippen MR) is 75.4 cm³/mol. The lowest BCUT2D eigenvalue weighted by Gasteiger charge is -2.04. The summed E-state index contributed by atoms with van der Waals surface area (Å²) >= 11 is 0. The highest BCUT2D eigenvalue weighted by Gasteiger charge is 2.15. The van der Waals surface area contributed by atoms with Crippen LogP contribution in [0.4, 0.5) is 5.69 Å². The van der Waals surface area contributed by atoms with Crippen molar-refractivity contribution >= 4 is 28.6 Å². The van der Waals surface area contributed by atoms with Crippen LogP contribution in [0.5, 0.6) is 0 Å². The minimum atomic E-state index is -0.889. The highest BCUT2D eigenvalue weighted by atomic mass is 16.5. The van der Waals surface area contributed by atoms with Gasteiger partial charge in [0, 0.05) is 11.6 Å². The molecule has 0 spiro atoms. The molecule has 0 atom stereocenters. The van der Waals surface area contributed by atoms with Crippen LogP contribution in [0.3, 0.4) is 0 Å². The third-order valence-corrected chi connectivity index (χ3v) is 2.77. The van der Waals surface area contributed by atoms with E-state index in [4.69, 9.17) is 0 Å². The summed E-state index contributed by atoms with van der Waals surface area (Å²) in [5, 5.41) is 2.50. The number of rotatable bonds is 3. The van der Waals surface area contributed by atoms with Gasteiger partial charge in [-0.25, -0.2) is 9.78 Å². The van der Waals surface area contributed by atoms with Crippen molar-refractivity contribution in [3.63, 3.8) is 0 Å². The molecular weight excluding hydrogens is 258 g/mol. The van der Waals surface area contributed by atoms with Gasteiger partial charge in [-0.1, -0.05) is 13.8 Å². The molecule has 0 saturated carbocycles. The third-order valence-electron chi connectivity index (χ3n) is 2.77. The van der Waals surface area contributed by atoms with Crippen LogP contribution >= 0.6 is 0 Å². The second kappa shape index (κ2) is 5.73. The number of carbonyl (C=O) groups excluding carboxylic acids is 2. The summed E-state index contributed by atoms with van der Waals surface area (Å²) < 4.78 is 4.63. The van der Waals surface area contributed by atoms with Gasteiger partial charge in [0.05, 0.1) is 17.6 Å². The number of amides is 1. The highest BCUT2D eigenvalue weighted by Crippen LogP contribution is 2.20. The molecule has 1 heterocycles. The van der Waals surface area contributed by atoms with Crippen LogP contribution in [0.15, 0.2) is 18.2 Å². The number of fused-ring (bicyclic) bond motifs is 1. The number of esters is 1. The van der Waals surface area contributed by atoms with Crippen molar-refractivity contribution in [3.8, 4) is 0 Å². The molecule has 1 aromatic heterocycles. The number of aromatic amines is 1. The lowest BCUT2D eigenvalue weighted by molar-refractivity contribution is -0.152. The average Bonchev–Trinajstić information content (AvgIpc) is 2.82. The largest absolute Gasteiger partial charge is 0.459 e. The van der Waals surface area contributed by atoms with Crippen molar-refractivity contribution in [3.05, 3.63) is 24.0 Å². The zero-order chi connectivity index (χ0) is 14.7. The number of H-pyrrole nitrogens is 1. The number of hydrogen-bond donors (Lipinski definition) is 2. The standard InChI is InChI=1S/C14H17N3O3/c1-4-20-14(19)13(18)15-9-5-6-10-11(7-9)17-12(16-10)8(2)3/h5-8H,4H2,1-3H3,(H,15,18)(H,16,17). The Morgan fingerprint density at radius 3 is 2.80 bits per heavy atom. The molecule has 1 amide bonds. The maximum atomic E-state index is 11.5. The molecule has 2 aromatic rings. The van der Waals surface area contributed by atoms with Gasteiger partial charge in [-0.3, -0.25) is 4.79 Å². The highest BCUT2D eigenvalue weighted by molar-refractivity contribution is 6.37. The molecule has 106 valence electrons. The Bertz CT molecular complexity index is 646. The van der Waals surface area contributed by atoms with E-state index < -0.39 is 11.9 Å². The Kier molecular flexibility index (Phi) is 4.02. The molecular formula is C14H17N3O3. The number of nitrogens with one attached hydrogen (secondary N) is 2. The molecule has 2 N–H and O–H groups in total. The van der Waals surface area contributed by atoms with Gasteiger partial charge in [0.25, 0.3) is 0 Å². The fourth-order valence-corrected chi connectivity index (χ4v) is 1.76. The Hall–Kier alpha value is -2.37. The van der Waals surface area contributed by atoms with E-state index in [0.29, 0.717) is 11.6 Å². The number of nitrogens with zero attached hydrogens (tertiary/aromatic N) is 1. The van der Waals surface area contributed by atoms with Gasteiger partial charge in [-0.2, -0.15) is 0 Å². The third kappa shape index (κ3) is 2.96. The first-order valence-electron chi connectivity index (χ1n) is 6.49. The van der Waals surface area contributed by atoms with Crippen LogP contribution in [-0.4, -0.2) is 28.5 Å². The SMILES string of the molecule is CCOC(=O)C(=O)Nc1ccc2nc(C(C)C)[nH]c2c1. The number of ether oxygens (including phenoxy) is 1. The molecule has 6 heteroatoms. The molecule has 0 fully saturated rings. The van der Waals surface area contributed by atoms with Crippen LogP contribution in [0.2, 0.25) is 0 Å². The fourth-order valence-electron chi connectivity index (χ4n) is 1.76. The van der Waals surface area contributed by atoms with Crippen molar-refractivity contribution in [2.75, 3.05) is 11.9 Å². The zero-order valence-electron chi connectivity index (χ0n) is 11.7. The molecule has 0 aliphatic rings. The molecule has 20 heavy (non-hydrogen) atoms. The average molecular weight is 275 g/mol. The second-order valence-corrected chi connectivity index (χ2v) is 4.68. The summed E-state index contributed by atoms with van der Waals surface area (Å²) in [5.41, 5.74) is 2.16. The van der Waals surface area contributed by atoms with Gasteiger partial charge in [-0.05, 0) is 25.1 Å². The first-order chi connectivity index (χ1) is 9.51. The van der Waals surface area contributed by atoms with Crippen LogP contribution in [0, 0.1) is 0 Å². The minimum absolute atomic E-state index is 0.170. The Morgan fingerprint density at radius 2 is 2.15 bits per heavy atom. The van der Waals surface area contributed by atoms with Gasteiger partial charge < -0.3 is 15.0 Å². The van der Waals surface area contributed by atoms with E-state index in [0.717, 1.165) is 16.9 Å². The van der Waals surface area contributed by atoms with Crippen LogP contribution in [0.25, 0.3) is 11.0 Å². The van der Waals surface area contributed by atoms with E-state index in [1.165, 1.54) is 0 Å². The van der Waals surface area contributed by atoms with E-state index >= 15 is 0 Å². The van der Waals surface area contributed by atoms with E-state index in [9.17, 15) is 9.59 Å². The first-order valence-corrected chi connectivity index (χ1v) is 6.49. The van der Waals surface area contributed by atoms with Crippen molar-refractivity contribution in [2.45, 2.75) is 26.7 Å². The predicted octanol–water partition coefficient (Wildman–Crippen LogP) is 2.19. The number of anilines is 1. The van der Waals surface area contributed by atoms with Crippen LogP contribution in [-0.2, 0) is 14.3 Å². The maximum Gasteiger partial charge on any atom is 0.397 e. The minimum Gasteiger partial charge on any atom is -0.459 e. The maximum absolute atomic E-state index is 11.5. The molecule has 0 saturated heterocycles. The molecule has 0 radical (unpaired) electrons. The molecule has 6 nitrogen and oxygen atoms in total. The fraction of sp³-hybridized carbons (Fsp3) is 0.357. The van der Waals surface area contributed by atoms with E-state index in [1.54, 1.807) is 25.1 Å². The Morgan fingerprint density at radius 1 is 1.40 bits per heavy atom. The monoisotopic (exact) mass is 275 g/mol. The number of hydrogen-bond acceptors (Lipinski definition) is 4. The molecule has 0 aliphatic heterocycles. The molecule has 0 bridgehead atoms. The summed E-state index contributed by atoms with van der Waals surface area (Å²) in [6.45, 7) is 5.90. The Labute approximate surface area is 116 Å². The van der Waals surface area contributed by atoms with E-state index in [1.807, 2.05) is 13.8 Å². The topological polar surface area (TPSA) is 84.1 Å². The summed E-state index contributed by atoms with van der Waals surface area (Å²) in [4.78, 5) is 30.4. The van der Waals surface area contributed by atoms with Crippen molar-refractivity contribution in [1.82, 2.24) is 9.97 Å². The summed E-state index contributed by atoms with van der Waals surface area (Å²) in [6, 6.07) is 5.23. The summed E-state index contributed by atoms with van der Waals surface area (Å²) in [5.74, 6) is -0.497. The second-order valence-electron chi connectivity index (χ2n) is 4.68. The van der Waals surface area contributed by atoms with Gasteiger partial charge in [0.2, 0.25) is 0 Å². The normalized spacial score (nSPS) is 10.8. The molecule has 1 aromatic carbocycles. The first kappa shape index (κ1) is 14.0. The van der Waals surface area contributed by atoms with E-state index in [-0.39, 0.29) is 6.61 Å². The summed E-state index contributed by atoms with van der Waals surface area (Å²) in [6.07, 6.45) is 0. The van der Waals surface area contributed by atoms with Crippen LogP contribution in [0.1, 0.15) is 32.5 Å². The number of carbonyl (C=O) groups is 2. The Balaban J connectivity index is 2.19. The van der Waals surface area contributed by atoms with Crippen molar-refractivity contribution in [2.24, 2.45) is 0 Å². The smallest absolute Gasteiger partial charge is 0.397 e. The van der Waals surface area contributed by atoms with Crippen molar-refractivity contribution < 1.29 is 14.3 Å². The number of benzene rings is 1. The van der Waals surface area contributed by atoms with E-state index in [2.05, 4.69) is 20.0 Å². The lowest BCUT2D eigenvalue weighted by Crippen LogP contribution is -2.24. The summed E-state index contributed by atoms with van der Waals surface area (Å²) in [7, 11) is 0. The lowest BCUT2D eigenvalue weighted by atomic mass is 10.2. The van der Waals surface area contributed by atoms with Gasteiger partial charge >= 0.3 is 11.9 Å². The number of aromatic nitrogens is 2. The zero-order valence-corrected chi connectivity index (χ0v) is 11.7. The van der Waals surface area contributed by atoms with Crippen molar-refractivity contribution in [1.29, 1.82) is 0 Å². The van der Waals surface area contributed by atoms with Crippen LogP contribution < -0.4 is 5.32 Å². The van der Waals surface area contributed by atoms with Gasteiger partial charge in [0.15, 0.2) is 0 Å². The van der Waals surface area contributed by atoms with Gasteiger partial charge in [-0.15, -0.1) is 0 Å². The molecule has 0 aliphatic carbocycles. The quantitative estimate of drug-likeness (QED) is 0.664. The van der Waals surface area contributed by atoms with Gasteiger partial charge in [0.1, 0.15) is 5.82 Å².